The molecule has 0 unspecified atom stereocenters. The number of aromatic nitrogens is 2. The van der Waals surface area contributed by atoms with Crippen molar-refractivity contribution in [1.29, 1.82) is 0 Å². The average Bonchev–Trinajstić information content (AvgIpc) is 2.22. The zero-order valence-corrected chi connectivity index (χ0v) is 11.4. The average molecular weight is 273 g/mol. The fourth-order valence-electron chi connectivity index (χ4n) is 1.32. The Labute approximate surface area is 107 Å². The van der Waals surface area contributed by atoms with Crippen molar-refractivity contribution >= 4 is 21.7 Å². The van der Waals surface area contributed by atoms with E-state index >= 15 is 0 Å². The normalized spacial score (nSPS) is 11.8. The molecule has 18 heavy (non-hydrogen) atoms. The number of nitrogen functional groups attached to an aromatic ring is 1. The Hall–Kier alpha value is -1.41. The summed E-state index contributed by atoms with van der Waals surface area (Å²) in [7, 11) is -3.41. The van der Waals surface area contributed by atoms with Crippen molar-refractivity contribution in [2.24, 2.45) is 5.14 Å². The van der Waals surface area contributed by atoms with Crippen LogP contribution >= 0.6 is 0 Å². The van der Waals surface area contributed by atoms with Gasteiger partial charge in [0.05, 0.1) is 5.75 Å². The summed E-state index contributed by atoms with van der Waals surface area (Å²) in [6.07, 6.45) is 0.416. The van der Waals surface area contributed by atoms with Crippen LogP contribution in [0.25, 0.3) is 0 Å². The Morgan fingerprint density at radius 3 is 2.61 bits per heavy atom. The lowest BCUT2D eigenvalue weighted by molar-refractivity contribution is 0.595. The highest BCUT2D eigenvalue weighted by Gasteiger charge is 2.07. The molecule has 0 aliphatic rings. The quantitative estimate of drug-likeness (QED) is 0.639. The van der Waals surface area contributed by atoms with E-state index in [0.717, 1.165) is 0 Å². The van der Waals surface area contributed by atoms with E-state index in [-0.39, 0.29) is 11.7 Å². The van der Waals surface area contributed by atoms with Crippen LogP contribution in [0, 0.1) is 0 Å². The van der Waals surface area contributed by atoms with E-state index in [4.69, 9.17) is 10.9 Å². The van der Waals surface area contributed by atoms with Crippen LogP contribution in [-0.2, 0) is 10.0 Å². The van der Waals surface area contributed by atoms with Gasteiger partial charge in [0.15, 0.2) is 0 Å². The van der Waals surface area contributed by atoms with Gasteiger partial charge in [-0.25, -0.2) is 23.5 Å². The molecule has 0 spiro atoms. The summed E-state index contributed by atoms with van der Waals surface area (Å²) >= 11 is 0. The standard InChI is InChI=1S/C10H19N5O2S/c1-7(2)10-14-8(11)6-9(15-10)13-4-3-5-18(12,16)17/h6-7H,3-5H2,1-2H3,(H2,12,16,17)(H3,11,13,14,15). The number of nitrogens with one attached hydrogen (secondary N) is 1. The van der Waals surface area contributed by atoms with Gasteiger partial charge in [-0.05, 0) is 6.42 Å². The second-order valence-electron chi connectivity index (χ2n) is 4.34. The summed E-state index contributed by atoms with van der Waals surface area (Å²) in [5.74, 6) is 1.77. The molecule has 7 nitrogen and oxygen atoms in total. The monoisotopic (exact) mass is 273 g/mol. The number of anilines is 2. The fraction of sp³-hybridized carbons (Fsp3) is 0.600. The summed E-state index contributed by atoms with van der Waals surface area (Å²) < 4.78 is 21.5. The number of sulfonamides is 1. The van der Waals surface area contributed by atoms with Gasteiger partial charge in [-0.2, -0.15) is 0 Å². The van der Waals surface area contributed by atoms with Crippen molar-refractivity contribution < 1.29 is 8.42 Å². The van der Waals surface area contributed by atoms with Crippen molar-refractivity contribution in [3.8, 4) is 0 Å². The van der Waals surface area contributed by atoms with Crippen LogP contribution < -0.4 is 16.2 Å². The smallest absolute Gasteiger partial charge is 0.209 e. The lowest BCUT2D eigenvalue weighted by Gasteiger charge is -2.09. The van der Waals surface area contributed by atoms with E-state index in [0.29, 0.717) is 30.4 Å². The highest BCUT2D eigenvalue weighted by Crippen LogP contribution is 2.14. The lowest BCUT2D eigenvalue weighted by Crippen LogP contribution is -2.19. The minimum atomic E-state index is -3.41. The van der Waals surface area contributed by atoms with Crippen molar-refractivity contribution in [2.45, 2.75) is 26.2 Å². The van der Waals surface area contributed by atoms with Crippen LogP contribution in [0.1, 0.15) is 32.0 Å². The molecule has 0 atom stereocenters. The largest absolute Gasteiger partial charge is 0.384 e. The first-order valence-electron chi connectivity index (χ1n) is 5.67. The van der Waals surface area contributed by atoms with Crippen LogP contribution in [0.4, 0.5) is 11.6 Å². The first-order chi connectivity index (χ1) is 8.28. The molecule has 0 aliphatic heterocycles. The number of primary sulfonamides is 1. The van der Waals surface area contributed by atoms with Crippen LogP contribution in [0.5, 0.6) is 0 Å². The molecule has 0 saturated carbocycles. The van der Waals surface area contributed by atoms with Gasteiger partial charge in [0, 0.05) is 18.5 Å². The summed E-state index contributed by atoms with van der Waals surface area (Å²) in [6, 6.07) is 1.61. The Bertz CT molecular complexity index is 501. The third-order valence-corrected chi connectivity index (χ3v) is 3.05. The lowest BCUT2D eigenvalue weighted by atomic mass is 10.2. The maximum Gasteiger partial charge on any atom is 0.209 e. The van der Waals surface area contributed by atoms with Crippen LogP contribution in [0.15, 0.2) is 6.07 Å². The molecule has 0 saturated heterocycles. The van der Waals surface area contributed by atoms with Gasteiger partial charge < -0.3 is 11.1 Å². The Morgan fingerprint density at radius 2 is 2.06 bits per heavy atom. The molecule has 102 valence electrons. The van der Waals surface area contributed by atoms with Crippen LogP contribution in [0.2, 0.25) is 0 Å². The Balaban J connectivity index is 2.57. The highest BCUT2D eigenvalue weighted by molar-refractivity contribution is 7.89. The van der Waals surface area contributed by atoms with Gasteiger partial charge in [-0.1, -0.05) is 13.8 Å². The van der Waals surface area contributed by atoms with Gasteiger partial charge in [-0.3, -0.25) is 0 Å². The van der Waals surface area contributed by atoms with Gasteiger partial charge in [0.2, 0.25) is 10.0 Å². The van der Waals surface area contributed by atoms with E-state index in [1.54, 1.807) is 6.07 Å². The molecule has 1 aromatic rings. The molecule has 0 fully saturated rings. The van der Waals surface area contributed by atoms with E-state index < -0.39 is 10.0 Å². The molecule has 8 heteroatoms. The van der Waals surface area contributed by atoms with Crippen molar-refractivity contribution in [3.63, 3.8) is 0 Å². The van der Waals surface area contributed by atoms with E-state index in [1.807, 2.05) is 13.8 Å². The SMILES string of the molecule is CC(C)c1nc(N)cc(NCCCS(N)(=O)=O)n1. The summed E-state index contributed by atoms with van der Waals surface area (Å²) in [6.45, 7) is 4.41. The van der Waals surface area contributed by atoms with Gasteiger partial charge in [0.25, 0.3) is 0 Å². The minimum absolute atomic E-state index is 0.0579. The molecule has 1 aromatic heterocycles. The van der Waals surface area contributed by atoms with Crippen molar-refractivity contribution in [2.75, 3.05) is 23.3 Å². The maximum absolute atomic E-state index is 10.7. The Kier molecular flexibility index (Phi) is 4.85. The molecule has 0 aromatic carbocycles. The number of hydrogen-bond donors (Lipinski definition) is 3. The van der Waals surface area contributed by atoms with Crippen LogP contribution in [0.3, 0.4) is 0 Å². The first-order valence-corrected chi connectivity index (χ1v) is 7.38. The van der Waals surface area contributed by atoms with Crippen molar-refractivity contribution in [3.05, 3.63) is 11.9 Å². The second-order valence-corrected chi connectivity index (χ2v) is 6.07. The maximum atomic E-state index is 10.7. The van der Waals surface area contributed by atoms with E-state index in [9.17, 15) is 8.42 Å². The predicted octanol–water partition coefficient (Wildman–Crippen LogP) is 0.273. The fourth-order valence-corrected chi connectivity index (χ4v) is 1.87. The second kappa shape index (κ2) is 5.96. The highest BCUT2D eigenvalue weighted by atomic mass is 32.2. The third kappa shape index (κ3) is 5.28. The first kappa shape index (κ1) is 14.7. The molecular weight excluding hydrogens is 254 g/mol. The molecule has 0 aliphatic carbocycles. The number of rotatable bonds is 6. The molecular formula is C10H19N5O2S. The van der Waals surface area contributed by atoms with E-state index in [2.05, 4.69) is 15.3 Å². The number of nitrogens with zero attached hydrogens (tertiary/aromatic N) is 2. The van der Waals surface area contributed by atoms with Crippen LogP contribution in [-0.4, -0.2) is 30.7 Å². The topological polar surface area (TPSA) is 124 Å². The molecule has 0 radical (unpaired) electrons. The minimum Gasteiger partial charge on any atom is -0.384 e. The summed E-state index contributed by atoms with van der Waals surface area (Å²) in [4.78, 5) is 8.40. The number of nitrogens with two attached hydrogens (primary N) is 2. The summed E-state index contributed by atoms with van der Waals surface area (Å²) in [5, 5.41) is 7.90. The van der Waals surface area contributed by atoms with Crippen molar-refractivity contribution in [1.82, 2.24) is 9.97 Å². The molecule has 5 N–H and O–H groups in total. The van der Waals surface area contributed by atoms with Gasteiger partial charge >= 0.3 is 0 Å². The Morgan fingerprint density at radius 1 is 1.39 bits per heavy atom. The van der Waals surface area contributed by atoms with Gasteiger partial charge in [-0.15, -0.1) is 0 Å². The molecule has 0 bridgehead atoms. The molecule has 1 heterocycles. The molecule has 1 rings (SSSR count). The zero-order valence-electron chi connectivity index (χ0n) is 10.5. The zero-order chi connectivity index (χ0) is 13.8. The molecule has 0 amide bonds. The van der Waals surface area contributed by atoms with E-state index in [1.165, 1.54) is 0 Å². The third-order valence-electron chi connectivity index (χ3n) is 2.19. The summed E-state index contributed by atoms with van der Waals surface area (Å²) in [5.41, 5.74) is 5.66. The van der Waals surface area contributed by atoms with Gasteiger partial charge in [0.1, 0.15) is 17.5 Å². The predicted molar refractivity (Wildman–Crippen MR) is 71.6 cm³/mol. The number of hydrogen-bond acceptors (Lipinski definition) is 6.